The zero-order valence-corrected chi connectivity index (χ0v) is 12.3. The number of carbonyl (C=O) groups excluding carboxylic acids is 1. The summed E-state index contributed by atoms with van der Waals surface area (Å²) in [7, 11) is 0. The minimum atomic E-state index is -0.767. The van der Waals surface area contributed by atoms with Crippen LogP contribution in [0.25, 0.3) is 0 Å². The van der Waals surface area contributed by atoms with Crippen LogP contribution >= 0.6 is 0 Å². The molecule has 4 heteroatoms. The van der Waals surface area contributed by atoms with Crippen LogP contribution < -0.4 is 0 Å². The normalized spacial score (nSPS) is 17.9. The molecule has 0 atom stereocenters. The standard InChI is InChI=1S/C16H21NO3/c1-11-5-4-6-13(12(11)2)14(18)17-9-7-16(3,8-10-17)15(19)20/h4-6H,7-10H2,1-3H3,(H,19,20). The van der Waals surface area contributed by atoms with Crippen LogP contribution in [-0.4, -0.2) is 35.0 Å². The number of carboxylic acid groups (broad SMARTS) is 1. The molecule has 0 spiro atoms. The minimum Gasteiger partial charge on any atom is -0.481 e. The third kappa shape index (κ3) is 2.55. The maximum absolute atomic E-state index is 12.5. The number of hydrogen-bond acceptors (Lipinski definition) is 2. The van der Waals surface area contributed by atoms with Crippen LogP contribution in [0.15, 0.2) is 18.2 Å². The quantitative estimate of drug-likeness (QED) is 0.902. The Bertz CT molecular complexity index is 543. The number of amides is 1. The van der Waals surface area contributed by atoms with Crippen LogP contribution in [0.3, 0.4) is 0 Å². The topological polar surface area (TPSA) is 57.6 Å². The number of benzene rings is 1. The Balaban J connectivity index is 2.13. The fourth-order valence-electron chi connectivity index (χ4n) is 2.57. The number of nitrogens with zero attached hydrogens (tertiary/aromatic N) is 1. The summed E-state index contributed by atoms with van der Waals surface area (Å²) in [6.45, 7) is 6.72. The van der Waals surface area contributed by atoms with Crippen LogP contribution in [0.2, 0.25) is 0 Å². The Morgan fingerprint density at radius 2 is 1.80 bits per heavy atom. The molecule has 0 saturated carbocycles. The van der Waals surface area contributed by atoms with E-state index in [2.05, 4.69) is 0 Å². The van der Waals surface area contributed by atoms with Crippen LogP contribution in [0.1, 0.15) is 41.3 Å². The molecule has 1 amide bonds. The van der Waals surface area contributed by atoms with Gasteiger partial charge < -0.3 is 10.0 Å². The number of aryl methyl sites for hydroxylation is 1. The van der Waals surface area contributed by atoms with Gasteiger partial charge in [-0.05, 0) is 50.8 Å². The maximum atomic E-state index is 12.5. The summed E-state index contributed by atoms with van der Waals surface area (Å²) < 4.78 is 0. The van der Waals surface area contributed by atoms with E-state index in [4.69, 9.17) is 0 Å². The first-order valence-corrected chi connectivity index (χ1v) is 6.94. The van der Waals surface area contributed by atoms with Gasteiger partial charge in [0.2, 0.25) is 0 Å². The Hall–Kier alpha value is -1.84. The van der Waals surface area contributed by atoms with Crippen molar-refractivity contribution in [2.75, 3.05) is 13.1 Å². The van der Waals surface area contributed by atoms with Crippen molar-refractivity contribution in [1.82, 2.24) is 4.90 Å². The number of aliphatic carboxylic acids is 1. The maximum Gasteiger partial charge on any atom is 0.309 e. The summed E-state index contributed by atoms with van der Waals surface area (Å²) in [6.07, 6.45) is 1.03. The summed E-state index contributed by atoms with van der Waals surface area (Å²) in [5.74, 6) is -0.755. The van der Waals surface area contributed by atoms with Gasteiger partial charge in [-0.3, -0.25) is 9.59 Å². The molecular formula is C16H21NO3. The molecule has 108 valence electrons. The van der Waals surface area contributed by atoms with Gasteiger partial charge in [0, 0.05) is 18.7 Å². The van der Waals surface area contributed by atoms with E-state index in [1.165, 1.54) is 0 Å². The second-order valence-corrected chi connectivity index (χ2v) is 5.91. The van der Waals surface area contributed by atoms with Gasteiger partial charge in [0.05, 0.1) is 5.41 Å². The molecule has 1 N–H and O–H groups in total. The van der Waals surface area contributed by atoms with Gasteiger partial charge in [0.15, 0.2) is 0 Å². The largest absolute Gasteiger partial charge is 0.481 e. The first kappa shape index (κ1) is 14.6. The average Bonchev–Trinajstić information content (AvgIpc) is 2.42. The van der Waals surface area contributed by atoms with Crippen molar-refractivity contribution >= 4 is 11.9 Å². The van der Waals surface area contributed by atoms with E-state index in [-0.39, 0.29) is 5.91 Å². The van der Waals surface area contributed by atoms with Crippen LogP contribution in [0, 0.1) is 19.3 Å². The molecule has 1 saturated heterocycles. The van der Waals surface area contributed by atoms with Gasteiger partial charge in [-0.2, -0.15) is 0 Å². The molecule has 0 aromatic heterocycles. The van der Waals surface area contributed by atoms with E-state index in [0.29, 0.717) is 25.9 Å². The minimum absolute atomic E-state index is 0.0126. The zero-order chi connectivity index (χ0) is 14.9. The molecule has 4 nitrogen and oxygen atoms in total. The van der Waals surface area contributed by atoms with E-state index in [1.807, 2.05) is 32.0 Å². The molecule has 1 aromatic rings. The van der Waals surface area contributed by atoms with Crippen molar-refractivity contribution in [3.05, 3.63) is 34.9 Å². The number of piperidine rings is 1. The van der Waals surface area contributed by atoms with Gasteiger partial charge >= 0.3 is 5.97 Å². The van der Waals surface area contributed by atoms with Crippen molar-refractivity contribution in [3.8, 4) is 0 Å². The van der Waals surface area contributed by atoms with Crippen LogP contribution in [-0.2, 0) is 4.79 Å². The van der Waals surface area contributed by atoms with Gasteiger partial charge in [-0.1, -0.05) is 12.1 Å². The van der Waals surface area contributed by atoms with Crippen molar-refractivity contribution < 1.29 is 14.7 Å². The molecule has 0 radical (unpaired) electrons. The smallest absolute Gasteiger partial charge is 0.309 e. The number of rotatable bonds is 2. The first-order valence-electron chi connectivity index (χ1n) is 6.94. The van der Waals surface area contributed by atoms with Crippen LogP contribution in [0.5, 0.6) is 0 Å². The molecular weight excluding hydrogens is 254 g/mol. The molecule has 0 aliphatic carbocycles. The molecule has 0 bridgehead atoms. The first-order chi connectivity index (χ1) is 9.35. The number of likely N-dealkylation sites (tertiary alicyclic amines) is 1. The Morgan fingerprint density at radius 1 is 1.20 bits per heavy atom. The number of hydrogen-bond donors (Lipinski definition) is 1. The van der Waals surface area contributed by atoms with Gasteiger partial charge in [-0.15, -0.1) is 0 Å². The van der Waals surface area contributed by atoms with Gasteiger partial charge in [-0.25, -0.2) is 0 Å². The summed E-state index contributed by atoms with van der Waals surface area (Å²) in [5.41, 5.74) is 2.13. The lowest BCUT2D eigenvalue weighted by molar-refractivity contribution is -0.150. The second kappa shape index (κ2) is 5.27. The number of carbonyl (C=O) groups is 2. The highest BCUT2D eigenvalue weighted by Gasteiger charge is 2.38. The lowest BCUT2D eigenvalue weighted by Crippen LogP contribution is -2.45. The third-order valence-electron chi connectivity index (χ3n) is 4.51. The van der Waals surface area contributed by atoms with E-state index in [9.17, 15) is 14.7 Å². The summed E-state index contributed by atoms with van der Waals surface area (Å²) in [6, 6.07) is 5.72. The van der Waals surface area contributed by atoms with Crippen molar-refractivity contribution in [2.24, 2.45) is 5.41 Å². The zero-order valence-electron chi connectivity index (χ0n) is 12.3. The second-order valence-electron chi connectivity index (χ2n) is 5.91. The fraction of sp³-hybridized carbons (Fsp3) is 0.500. The van der Waals surface area contributed by atoms with Gasteiger partial charge in [0.25, 0.3) is 5.91 Å². The fourth-order valence-corrected chi connectivity index (χ4v) is 2.57. The Kier molecular flexibility index (Phi) is 3.84. The highest BCUT2D eigenvalue weighted by molar-refractivity contribution is 5.96. The summed E-state index contributed by atoms with van der Waals surface area (Å²) in [4.78, 5) is 25.5. The van der Waals surface area contributed by atoms with Gasteiger partial charge in [0.1, 0.15) is 0 Å². The molecule has 1 fully saturated rings. The van der Waals surface area contributed by atoms with Crippen molar-refractivity contribution in [2.45, 2.75) is 33.6 Å². The lowest BCUT2D eigenvalue weighted by atomic mass is 9.80. The third-order valence-corrected chi connectivity index (χ3v) is 4.51. The SMILES string of the molecule is Cc1cccc(C(=O)N2CCC(C)(C(=O)O)CC2)c1C. The summed E-state index contributed by atoms with van der Waals surface area (Å²) in [5, 5.41) is 9.22. The lowest BCUT2D eigenvalue weighted by Gasteiger charge is -2.36. The Morgan fingerprint density at radius 3 is 2.35 bits per heavy atom. The predicted octanol–water partition coefficient (Wildman–Crippen LogP) is 2.63. The molecule has 1 aliphatic rings. The molecule has 1 aromatic carbocycles. The number of carboxylic acids is 1. The monoisotopic (exact) mass is 275 g/mol. The molecule has 0 unspecified atom stereocenters. The molecule has 1 heterocycles. The molecule has 20 heavy (non-hydrogen) atoms. The molecule has 1 aliphatic heterocycles. The molecule has 2 rings (SSSR count). The van der Waals surface area contributed by atoms with E-state index in [1.54, 1.807) is 11.8 Å². The van der Waals surface area contributed by atoms with E-state index in [0.717, 1.165) is 16.7 Å². The Labute approximate surface area is 119 Å². The van der Waals surface area contributed by atoms with Crippen LogP contribution in [0.4, 0.5) is 0 Å². The van der Waals surface area contributed by atoms with E-state index >= 15 is 0 Å². The van der Waals surface area contributed by atoms with Crippen molar-refractivity contribution in [3.63, 3.8) is 0 Å². The summed E-state index contributed by atoms with van der Waals surface area (Å²) >= 11 is 0. The predicted molar refractivity (Wildman–Crippen MR) is 76.8 cm³/mol. The van der Waals surface area contributed by atoms with E-state index < -0.39 is 11.4 Å². The van der Waals surface area contributed by atoms with Crippen molar-refractivity contribution in [1.29, 1.82) is 0 Å². The highest BCUT2D eigenvalue weighted by atomic mass is 16.4. The average molecular weight is 275 g/mol. The highest BCUT2D eigenvalue weighted by Crippen LogP contribution is 2.31.